The van der Waals surface area contributed by atoms with Gasteiger partial charge >= 0.3 is 0 Å². The highest BCUT2D eigenvalue weighted by molar-refractivity contribution is 6.30. The summed E-state index contributed by atoms with van der Waals surface area (Å²) in [5, 5.41) is 7.55. The highest BCUT2D eigenvalue weighted by atomic mass is 35.5. The number of nitrogens with one attached hydrogen (secondary N) is 2. The lowest BCUT2D eigenvalue weighted by molar-refractivity contribution is 0.0992. The van der Waals surface area contributed by atoms with E-state index in [4.69, 9.17) is 21.1 Å². The van der Waals surface area contributed by atoms with E-state index in [1.54, 1.807) is 0 Å². The number of hydrogen-bond donors (Lipinski definition) is 2. The van der Waals surface area contributed by atoms with Crippen molar-refractivity contribution in [1.29, 1.82) is 0 Å². The Morgan fingerprint density at radius 1 is 1.33 bits per heavy atom. The summed E-state index contributed by atoms with van der Waals surface area (Å²) in [6, 6.07) is 8.10. The first kappa shape index (κ1) is 17.5. The number of halogens is 1. The topological polar surface area (TPSA) is 54.9 Å². The Morgan fingerprint density at radius 2 is 2.17 bits per heavy atom. The van der Waals surface area contributed by atoms with Crippen molar-refractivity contribution in [1.82, 2.24) is 10.6 Å². The molecule has 0 amide bonds. The molecule has 2 heterocycles. The molecule has 2 fully saturated rings. The highest BCUT2D eigenvalue weighted by Crippen LogP contribution is 2.34. The number of benzene rings is 1. The molecule has 2 aliphatic rings. The molecule has 3 unspecified atom stereocenters. The summed E-state index contributed by atoms with van der Waals surface area (Å²) in [7, 11) is 0. The minimum atomic E-state index is 0.347. The fourth-order valence-electron chi connectivity index (χ4n) is 3.28. The fraction of sp³-hybridized carbons (Fsp3) is 0.611. The number of nitrogens with zero attached hydrogens (tertiary/aromatic N) is 1. The summed E-state index contributed by atoms with van der Waals surface area (Å²) in [6.07, 6.45) is 4.24. The minimum absolute atomic E-state index is 0.347. The molecule has 132 valence electrons. The van der Waals surface area contributed by atoms with Crippen molar-refractivity contribution in [3.05, 3.63) is 34.9 Å². The van der Waals surface area contributed by atoms with Gasteiger partial charge in [0.05, 0.1) is 38.0 Å². The van der Waals surface area contributed by atoms with Crippen molar-refractivity contribution < 1.29 is 9.47 Å². The van der Waals surface area contributed by atoms with Crippen LogP contribution in [0.1, 0.15) is 31.7 Å². The van der Waals surface area contributed by atoms with Crippen LogP contribution in [0.3, 0.4) is 0 Å². The first-order valence-electron chi connectivity index (χ1n) is 8.77. The Bertz CT molecular complexity index is 550. The van der Waals surface area contributed by atoms with Crippen LogP contribution < -0.4 is 10.6 Å². The zero-order valence-electron chi connectivity index (χ0n) is 14.1. The van der Waals surface area contributed by atoms with E-state index < -0.39 is 0 Å². The van der Waals surface area contributed by atoms with Gasteiger partial charge in [-0.2, -0.15) is 0 Å². The van der Waals surface area contributed by atoms with E-state index in [0.29, 0.717) is 38.0 Å². The molecule has 2 aliphatic heterocycles. The maximum Gasteiger partial charge on any atom is 0.191 e. The normalized spacial score (nSPS) is 25.9. The molecule has 5 nitrogen and oxygen atoms in total. The molecule has 0 aliphatic carbocycles. The molecule has 0 spiro atoms. The number of rotatable bonds is 7. The molecule has 3 atom stereocenters. The molecule has 1 aromatic carbocycles. The number of ether oxygens (including phenoxy) is 2. The molecule has 0 aromatic heterocycles. The van der Waals surface area contributed by atoms with Gasteiger partial charge in [-0.3, -0.25) is 4.99 Å². The van der Waals surface area contributed by atoms with E-state index in [1.807, 2.05) is 24.3 Å². The van der Waals surface area contributed by atoms with Gasteiger partial charge in [-0.25, -0.2) is 0 Å². The number of aliphatic imine (C=N–C) groups is 1. The average molecular weight is 352 g/mol. The summed E-state index contributed by atoms with van der Waals surface area (Å²) >= 11 is 5.87. The Morgan fingerprint density at radius 3 is 2.83 bits per heavy atom. The smallest absolute Gasteiger partial charge is 0.191 e. The Balaban J connectivity index is 1.39. The van der Waals surface area contributed by atoms with Gasteiger partial charge in [-0.1, -0.05) is 23.7 Å². The quantitative estimate of drug-likeness (QED) is 0.450. The van der Waals surface area contributed by atoms with E-state index in [2.05, 4.69) is 22.5 Å². The van der Waals surface area contributed by atoms with Gasteiger partial charge in [0.15, 0.2) is 5.96 Å². The van der Waals surface area contributed by atoms with Crippen molar-refractivity contribution in [2.24, 2.45) is 4.99 Å². The molecule has 0 saturated carbocycles. The summed E-state index contributed by atoms with van der Waals surface area (Å²) in [4.78, 5) is 4.60. The van der Waals surface area contributed by atoms with Crippen LogP contribution in [0.2, 0.25) is 5.02 Å². The maximum atomic E-state index is 5.88. The van der Waals surface area contributed by atoms with Crippen LogP contribution in [-0.4, -0.2) is 43.9 Å². The van der Waals surface area contributed by atoms with Gasteiger partial charge < -0.3 is 20.1 Å². The van der Waals surface area contributed by atoms with Crippen LogP contribution in [0.25, 0.3) is 0 Å². The molecule has 2 bridgehead atoms. The van der Waals surface area contributed by atoms with E-state index in [9.17, 15) is 0 Å². The van der Waals surface area contributed by atoms with Crippen molar-refractivity contribution in [3.8, 4) is 0 Å². The van der Waals surface area contributed by atoms with Crippen LogP contribution in [0.5, 0.6) is 0 Å². The second kappa shape index (κ2) is 8.70. The van der Waals surface area contributed by atoms with Gasteiger partial charge in [0.1, 0.15) is 0 Å². The second-order valence-corrected chi connectivity index (χ2v) is 6.74. The maximum absolute atomic E-state index is 5.88. The third kappa shape index (κ3) is 4.85. The Hall–Kier alpha value is -1.30. The van der Waals surface area contributed by atoms with Crippen LogP contribution >= 0.6 is 11.6 Å². The van der Waals surface area contributed by atoms with Gasteiger partial charge in [0.25, 0.3) is 0 Å². The zero-order valence-corrected chi connectivity index (χ0v) is 14.9. The van der Waals surface area contributed by atoms with Crippen LogP contribution in [0.15, 0.2) is 29.3 Å². The third-order valence-corrected chi connectivity index (χ3v) is 4.71. The van der Waals surface area contributed by atoms with Gasteiger partial charge in [-0.05, 0) is 43.9 Å². The highest BCUT2D eigenvalue weighted by Gasteiger charge is 2.41. The van der Waals surface area contributed by atoms with E-state index in [1.165, 1.54) is 6.42 Å². The van der Waals surface area contributed by atoms with Crippen molar-refractivity contribution in [3.63, 3.8) is 0 Å². The molecule has 6 heteroatoms. The SMILES string of the molecule is CCNC(=NCCOCc1ccc(Cl)cc1)NC1CC2CCC1O2. The lowest BCUT2D eigenvalue weighted by Crippen LogP contribution is -2.47. The number of fused-ring (bicyclic) bond motifs is 2. The average Bonchev–Trinajstić information content (AvgIpc) is 3.19. The Kier molecular flexibility index (Phi) is 6.35. The standard InChI is InChI=1S/C18H26ClN3O2/c1-2-20-18(22-16-11-15-7-8-17(16)24-15)21-9-10-23-12-13-3-5-14(19)6-4-13/h3-6,15-17H,2,7-12H2,1H3,(H2,20,21,22). The first-order chi connectivity index (χ1) is 11.7. The lowest BCUT2D eigenvalue weighted by Gasteiger charge is -2.22. The zero-order chi connectivity index (χ0) is 16.8. The van der Waals surface area contributed by atoms with Gasteiger partial charge in [0, 0.05) is 11.6 Å². The van der Waals surface area contributed by atoms with Crippen LogP contribution in [0.4, 0.5) is 0 Å². The molecular weight excluding hydrogens is 326 g/mol. The molecule has 2 N–H and O–H groups in total. The molecule has 2 saturated heterocycles. The summed E-state index contributed by atoms with van der Waals surface area (Å²) < 4.78 is 11.6. The monoisotopic (exact) mass is 351 g/mol. The molecule has 0 radical (unpaired) electrons. The van der Waals surface area contributed by atoms with Gasteiger partial charge in [0.2, 0.25) is 0 Å². The van der Waals surface area contributed by atoms with Crippen molar-refractivity contribution in [2.45, 2.75) is 51.0 Å². The summed E-state index contributed by atoms with van der Waals surface area (Å²) in [5.41, 5.74) is 1.12. The lowest BCUT2D eigenvalue weighted by atomic mass is 9.96. The number of hydrogen-bond acceptors (Lipinski definition) is 3. The predicted molar refractivity (Wildman–Crippen MR) is 96.5 cm³/mol. The second-order valence-electron chi connectivity index (χ2n) is 6.30. The summed E-state index contributed by atoms with van der Waals surface area (Å²) in [5.74, 6) is 0.855. The third-order valence-electron chi connectivity index (χ3n) is 4.46. The molecule has 24 heavy (non-hydrogen) atoms. The van der Waals surface area contributed by atoms with E-state index >= 15 is 0 Å². The Labute approximate surface area is 148 Å². The van der Waals surface area contributed by atoms with Crippen LogP contribution in [-0.2, 0) is 16.1 Å². The number of guanidine groups is 1. The van der Waals surface area contributed by atoms with E-state index in [0.717, 1.165) is 35.9 Å². The molecular formula is C18H26ClN3O2. The molecule has 1 aromatic rings. The van der Waals surface area contributed by atoms with Crippen molar-refractivity contribution in [2.75, 3.05) is 19.7 Å². The molecule has 3 rings (SSSR count). The predicted octanol–water partition coefficient (Wildman–Crippen LogP) is 2.73. The van der Waals surface area contributed by atoms with E-state index in [-0.39, 0.29) is 0 Å². The van der Waals surface area contributed by atoms with Gasteiger partial charge in [-0.15, -0.1) is 0 Å². The van der Waals surface area contributed by atoms with Crippen molar-refractivity contribution >= 4 is 17.6 Å². The summed E-state index contributed by atoms with van der Waals surface area (Å²) in [6.45, 7) is 4.72. The van der Waals surface area contributed by atoms with Crippen LogP contribution in [0, 0.1) is 0 Å². The first-order valence-corrected chi connectivity index (χ1v) is 9.15. The minimum Gasteiger partial charge on any atom is -0.375 e. The largest absolute Gasteiger partial charge is 0.375 e. The fourth-order valence-corrected chi connectivity index (χ4v) is 3.40.